The lowest BCUT2D eigenvalue weighted by molar-refractivity contribution is -0.131. The predicted octanol–water partition coefficient (Wildman–Crippen LogP) is 3.52. The highest BCUT2D eigenvalue weighted by Gasteiger charge is 2.22. The Bertz CT molecular complexity index is 1410. The summed E-state index contributed by atoms with van der Waals surface area (Å²) in [5.74, 6) is 0.203. The Kier molecular flexibility index (Phi) is 6.59. The number of nitrogens with one attached hydrogen (secondary N) is 3. The smallest absolute Gasteiger partial charge is 0.251 e. The number of imidazole rings is 1. The highest BCUT2D eigenvalue weighted by atomic mass is 35.5. The molecule has 9 nitrogen and oxygen atoms in total. The van der Waals surface area contributed by atoms with E-state index in [0.717, 1.165) is 41.7 Å². The third kappa shape index (κ3) is 4.95. The van der Waals surface area contributed by atoms with Gasteiger partial charge in [-0.25, -0.2) is 9.97 Å². The van der Waals surface area contributed by atoms with Crippen LogP contribution in [-0.4, -0.2) is 64.0 Å². The number of carbonyl (C=O) groups excluding carboxylic acids is 2. The van der Waals surface area contributed by atoms with Crippen LogP contribution in [-0.2, 0) is 11.8 Å². The van der Waals surface area contributed by atoms with Crippen LogP contribution in [0.25, 0.3) is 21.3 Å². The van der Waals surface area contributed by atoms with Gasteiger partial charge in [-0.3, -0.25) is 9.59 Å². The topological polar surface area (TPSA) is 104 Å². The largest absolute Gasteiger partial charge is 0.343 e. The molecule has 2 aromatic heterocycles. The maximum Gasteiger partial charge on any atom is 0.251 e. The van der Waals surface area contributed by atoms with Crippen LogP contribution in [0.2, 0.25) is 5.02 Å². The molecule has 2 amide bonds. The minimum absolute atomic E-state index is 0.0412. The van der Waals surface area contributed by atoms with Crippen LogP contribution in [0.5, 0.6) is 0 Å². The van der Waals surface area contributed by atoms with E-state index in [1.165, 1.54) is 11.3 Å². The molecule has 1 aliphatic heterocycles. The van der Waals surface area contributed by atoms with E-state index < -0.39 is 0 Å². The first-order valence-corrected chi connectivity index (χ1v) is 12.6. The van der Waals surface area contributed by atoms with Gasteiger partial charge in [0.2, 0.25) is 11.9 Å². The van der Waals surface area contributed by atoms with Gasteiger partial charge in [-0.2, -0.15) is 0 Å². The van der Waals surface area contributed by atoms with E-state index in [0.29, 0.717) is 27.2 Å². The molecule has 1 atom stereocenters. The fraction of sp³-hybridized carbons (Fsp3) is 0.333. The Balaban J connectivity index is 1.27. The lowest BCUT2D eigenvalue weighted by Crippen LogP contribution is -2.49. The number of fused-ring (bicyclic) bond motifs is 2. The number of amides is 2. The Hall–Kier alpha value is -3.21. The van der Waals surface area contributed by atoms with Gasteiger partial charge in [0, 0.05) is 37.3 Å². The number of anilines is 2. The van der Waals surface area contributed by atoms with E-state index in [4.69, 9.17) is 11.6 Å². The first kappa shape index (κ1) is 23.5. The third-order valence-electron chi connectivity index (χ3n) is 6.32. The molecule has 35 heavy (non-hydrogen) atoms. The lowest BCUT2D eigenvalue weighted by Gasteiger charge is -2.31. The number of thiazole rings is 1. The Labute approximate surface area is 211 Å². The molecule has 0 spiro atoms. The summed E-state index contributed by atoms with van der Waals surface area (Å²) in [6.07, 6.45) is 2.02. The fourth-order valence-electron chi connectivity index (χ4n) is 4.25. The van der Waals surface area contributed by atoms with Crippen LogP contribution in [0.15, 0.2) is 36.4 Å². The monoisotopic (exact) mass is 511 g/mol. The highest BCUT2D eigenvalue weighted by Crippen LogP contribution is 2.31. The summed E-state index contributed by atoms with van der Waals surface area (Å²) in [5, 5.41) is 10.7. The Morgan fingerprint density at radius 2 is 2.09 bits per heavy atom. The zero-order chi connectivity index (χ0) is 24.5. The van der Waals surface area contributed by atoms with Gasteiger partial charge in [0.05, 0.1) is 27.8 Å². The van der Waals surface area contributed by atoms with Crippen LogP contribution in [0.4, 0.5) is 11.1 Å². The molecule has 1 aliphatic rings. The number of piperidine rings is 1. The van der Waals surface area contributed by atoms with Crippen molar-refractivity contribution in [3.8, 4) is 0 Å². The first-order valence-electron chi connectivity index (χ1n) is 11.4. The average Bonchev–Trinajstić information content (AvgIpc) is 3.41. The van der Waals surface area contributed by atoms with Crippen LogP contribution in [0, 0.1) is 0 Å². The van der Waals surface area contributed by atoms with Gasteiger partial charge in [-0.05, 0) is 55.8 Å². The van der Waals surface area contributed by atoms with Crippen molar-refractivity contribution in [1.29, 1.82) is 0 Å². The van der Waals surface area contributed by atoms with Crippen LogP contribution >= 0.6 is 22.9 Å². The number of halogens is 1. The molecule has 4 aromatic rings. The van der Waals surface area contributed by atoms with Gasteiger partial charge in [0.25, 0.3) is 5.91 Å². The van der Waals surface area contributed by atoms with Crippen LogP contribution in [0.1, 0.15) is 23.2 Å². The summed E-state index contributed by atoms with van der Waals surface area (Å²) < 4.78 is 2.89. The molecular formula is C24H26ClN7O2S. The minimum atomic E-state index is -0.307. The summed E-state index contributed by atoms with van der Waals surface area (Å²) in [7, 11) is 3.69. The maximum absolute atomic E-state index is 12.7. The van der Waals surface area contributed by atoms with Crippen LogP contribution < -0.4 is 16.0 Å². The van der Waals surface area contributed by atoms with Crippen molar-refractivity contribution in [2.24, 2.45) is 7.05 Å². The number of carbonyl (C=O) groups is 2. The number of hydrogen-bond acceptors (Lipinski definition) is 7. The van der Waals surface area contributed by atoms with Gasteiger partial charge in [0.15, 0.2) is 5.13 Å². The van der Waals surface area contributed by atoms with E-state index in [-0.39, 0.29) is 24.4 Å². The zero-order valence-electron chi connectivity index (χ0n) is 19.5. The molecule has 5 rings (SSSR count). The van der Waals surface area contributed by atoms with Crippen LogP contribution in [0.3, 0.4) is 0 Å². The van der Waals surface area contributed by atoms with Gasteiger partial charge in [0.1, 0.15) is 0 Å². The molecule has 182 valence electrons. The number of hydrogen-bond donors (Lipinski definition) is 3. The summed E-state index contributed by atoms with van der Waals surface area (Å²) in [6, 6.07) is 11.1. The quantitative estimate of drug-likeness (QED) is 0.366. The molecule has 1 fully saturated rings. The van der Waals surface area contributed by atoms with E-state index in [1.54, 1.807) is 24.1 Å². The third-order valence-corrected chi connectivity index (χ3v) is 7.49. The molecule has 2 aromatic carbocycles. The minimum Gasteiger partial charge on any atom is -0.343 e. The molecule has 3 heterocycles. The molecular weight excluding hydrogens is 486 g/mol. The van der Waals surface area contributed by atoms with Crippen molar-refractivity contribution in [3.63, 3.8) is 0 Å². The van der Waals surface area contributed by atoms with E-state index in [9.17, 15) is 9.59 Å². The molecule has 1 saturated heterocycles. The summed E-state index contributed by atoms with van der Waals surface area (Å²) >= 11 is 7.57. The van der Waals surface area contributed by atoms with E-state index >= 15 is 0 Å². The SMILES string of the molecule is CN(C(=O)CNC(=O)c1ccc2c(c1)nc(Nc1nc3ccc(Cl)cc3s1)n2C)C1CCCNC1. The Morgan fingerprint density at radius 3 is 2.89 bits per heavy atom. The predicted molar refractivity (Wildman–Crippen MR) is 140 cm³/mol. The lowest BCUT2D eigenvalue weighted by atomic mass is 10.1. The molecule has 3 N–H and O–H groups in total. The Morgan fingerprint density at radius 1 is 1.23 bits per heavy atom. The molecule has 0 bridgehead atoms. The average molecular weight is 512 g/mol. The van der Waals surface area contributed by atoms with Crippen molar-refractivity contribution in [3.05, 3.63) is 47.0 Å². The van der Waals surface area contributed by atoms with Gasteiger partial charge >= 0.3 is 0 Å². The second-order valence-corrected chi connectivity index (χ2v) is 10.1. The summed E-state index contributed by atoms with van der Waals surface area (Å²) in [4.78, 5) is 36.2. The van der Waals surface area contributed by atoms with Gasteiger partial charge < -0.3 is 25.4 Å². The highest BCUT2D eigenvalue weighted by molar-refractivity contribution is 7.22. The van der Waals surface area contributed by atoms with Crippen molar-refractivity contribution < 1.29 is 9.59 Å². The molecule has 0 saturated carbocycles. The number of aromatic nitrogens is 3. The second-order valence-electron chi connectivity index (χ2n) is 8.64. The molecule has 0 aliphatic carbocycles. The molecule has 0 radical (unpaired) electrons. The maximum atomic E-state index is 12.7. The van der Waals surface area contributed by atoms with Crippen molar-refractivity contribution in [1.82, 2.24) is 30.1 Å². The van der Waals surface area contributed by atoms with E-state index in [2.05, 4.69) is 25.9 Å². The summed E-state index contributed by atoms with van der Waals surface area (Å²) in [6.45, 7) is 1.73. The van der Waals surface area contributed by atoms with Crippen molar-refractivity contribution >= 4 is 67.1 Å². The van der Waals surface area contributed by atoms with E-state index in [1.807, 2.05) is 35.9 Å². The number of likely N-dealkylation sites (N-methyl/N-ethyl adjacent to an activating group) is 1. The normalized spacial score (nSPS) is 15.9. The van der Waals surface area contributed by atoms with Crippen molar-refractivity contribution in [2.45, 2.75) is 18.9 Å². The number of benzene rings is 2. The fourth-order valence-corrected chi connectivity index (χ4v) is 5.39. The number of rotatable bonds is 6. The molecule has 1 unspecified atom stereocenters. The van der Waals surface area contributed by atoms with Gasteiger partial charge in [-0.15, -0.1) is 0 Å². The number of nitrogens with zero attached hydrogens (tertiary/aromatic N) is 4. The van der Waals surface area contributed by atoms with Gasteiger partial charge in [-0.1, -0.05) is 22.9 Å². The van der Waals surface area contributed by atoms with Crippen molar-refractivity contribution in [2.75, 3.05) is 32.0 Å². The molecule has 11 heteroatoms. The first-order chi connectivity index (χ1) is 16.9. The number of aryl methyl sites for hydroxylation is 1. The summed E-state index contributed by atoms with van der Waals surface area (Å²) in [5.41, 5.74) is 2.85. The standard InChI is InChI=1S/C24H26ClN7O2S/c1-31(16-4-3-9-26-12-16)21(33)13-27-22(34)14-5-8-19-18(10-14)28-23(32(19)2)30-24-29-17-7-6-15(25)11-20(17)35-24/h5-8,10-11,16,26H,3-4,9,12-13H2,1-2H3,(H,27,34)(H,28,29,30). The second kappa shape index (κ2) is 9.80. The zero-order valence-corrected chi connectivity index (χ0v) is 21.0.